The number of hydrogen-bond acceptors (Lipinski definition) is 5. The third kappa shape index (κ3) is 6.11. The smallest absolute Gasteiger partial charge is 0.272 e. The summed E-state index contributed by atoms with van der Waals surface area (Å²) in [4.78, 5) is 30.5. The van der Waals surface area contributed by atoms with Gasteiger partial charge >= 0.3 is 0 Å². The first-order chi connectivity index (χ1) is 18.8. The molecule has 2 amide bonds. The van der Waals surface area contributed by atoms with Crippen LogP contribution in [0.2, 0.25) is 10.0 Å². The Morgan fingerprint density at radius 1 is 0.949 bits per heavy atom. The summed E-state index contributed by atoms with van der Waals surface area (Å²) in [6, 6.07) is 16.1. The summed E-state index contributed by atoms with van der Waals surface area (Å²) in [7, 11) is 0. The molecule has 1 aliphatic carbocycles. The highest BCUT2D eigenvalue weighted by Gasteiger charge is 2.24. The van der Waals surface area contributed by atoms with E-state index < -0.39 is 11.7 Å². The van der Waals surface area contributed by atoms with Crippen LogP contribution in [-0.2, 0) is 0 Å². The van der Waals surface area contributed by atoms with E-state index in [0.29, 0.717) is 42.6 Å². The number of halogens is 3. The van der Waals surface area contributed by atoms with Gasteiger partial charge < -0.3 is 15.7 Å². The van der Waals surface area contributed by atoms with E-state index in [9.17, 15) is 19.1 Å². The Balaban J connectivity index is 1.44. The van der Waals surface area contributed by atoms with Crippen LogP contribution < -0.4 is 10.6 Å². The zero-order valence-electron chi connectivity index (χ0n) is 20.6. The van der Waals surface area contributed by atoms with Crippen molar-refractivity contribution in [1.29, 1.82) is 0 Å². The van der Waals surface area contributed by atoms with Gasteiger partial charge in [0.05, 0.1) is 39.3 Å². The van der Waals surface area contributed by atoms with Gasteiger partial charge in [-0.2, -0.15) is 5.10 Å². The number of amides is 2. The number of nitrogens with one attached hydrogen (secondary N) is 2. The quantitative estimate of drug-likeness (QED) is 0.278. The molecule has 0 saturated heterocycles. The molecule has 3 N–H and O–H groups in total. The maximum Gasteiger partial charge on any atom is 0.272 e. The van der Waals surface area contributed by atoms with E-state index in [1.54, 1.807) is 12.1 Å². The zero-order valence-corrected chi connectivity index (χ0v) is 22.1. The van der Waals surface area contributed by atoms with E-state index in [4.69, 9.17) is 23.2 Å². The maximum absolute atomic E-state index is 13.4. The molecule has 0 aliphatic heterocycles. The molecule has 1 fully saturated rings. The van der Waals surface area contributed by atoms with Crippen LogP contribution in [-0.4, -0.2) is 43.8 Å². The van der Waals surface area contributed by atoms with Crippen LogP contribution >= 0.6 is 23.2 Å². The first-order valence-electron chi connectivity index (χ1n) is 12.3. The number of para-hydroxylation sites is 1. The molecule has 2 aromatic carbocycles. The van der Waals surface area contributed by atoms with Gasteiger partial charge in [0.2, 0.25) is 0 Å². The van der Waals surface area contributed by atoms with Crippen molar-refractivity contribution in [2.75, 3.05) is 5.32 Å². The van der Waals surface area contributed by atoms with E-state index in [0.717, 1.165) is 6.20 Å². The fourth-order valence-electron chi connectivity index (χ4n) is 4.46. The molecule has 11 heteroatoms. The van der Waals surface area contributed by atoms with Crippen molar-refractivity contribution in [3.63, 3.8) is 0 Å². The highest BCUT2D eigenvalue weighted by Crippen LogP contribution is 2.33. The third-order valence-electron chi connectivity index (χ3n) is 6.52. The van der Waals surface area contributed by atoms with E-state index >= 15 is 0 Å². The molecule has 4 aromatic rings. The highest BCUT2D eigenvalue weighted by atomic mass is 35.5. The van der Waals surface area contributed by atoms with Gasteiger partial charge in [0.1, 0.15) is 11.6 Å². The van der Waals surface area contributed by atoms with Crippen LogP contribution in [0, 0.1) is 5.82 Å². The van der Waals surface area contributed by atoms with E-state index in [1.165, 1.54) is 35.0 Å². The Kier molecular flexibility index (Phi) is 7.92. The molecule has 2 aromatic heterocycles. The Morgan fingerprint density at radius 2 is 1.69 bits per heavy atom. The minimum atomic E-state index is -0.565. The van der Waals surface area contributed by atoms with E-state index in [-0.39, 0.29) is 45.2 Å². The number of aliphatic hydroxyl groups is 1. The largest absolute Gasteiger partial charge is 0.393 e. The summed E-state index contributed by atoms with van der Waals surface area (Å²) in [6.07, 6.45) is 3.33. The molecular formula is C28H24Cl2FN5O3. The zero-order chi connectivity index (χ0) is 27.5. The summed E-state index contributed by atoms with van der Waals surface area (Å²) in [6.45, 7) is 0. The van der Waals surface area contributed by atoms with Crippen molar-refractivity contribution < 1.29 is 19.1 Å². The van der Waals surface area contributed by atoms with Gasteiger partial charge in [0.25, 0.3) is 11.8 Å². The fourth-order valence-corrected chi connectivity index (χ4v) is 5.03. The number of benzene rings is 2. The molecule has 1 aliphatic rings. The van der Waals surface area contributed by atoms with Crippen LogP contribution in [0.5, 0.6) is 0 Å². The second-order valence-corrected chi connectivity index (χ2v) is 10.1. The first-order valence-corrected chi connectivity index (χ1v) is 13.1. The Bertz CT molecular complexity index is 1500. The van der Waals surface area contributed by atoms with E-state index in [2.05, 4.69) is 20.7 Å². The number of aliphatic hydroxyl groups excluding tert-OH is 1. The third-order valence-corrected chi connectivity index (χ3v) is 7.15. The predicted molar refractivity (Wildman–Crippen MR) is 147 cm³/mol. The number of rotatable bonds is 6. The lowest BCUT2D eigenvalue weighted by Crippen LogP contribution is -2.38. The topological polar surface area (TPSA) is 109 Å². The number of nitrogens with zero attached hydrogens (tertiary/aromatic N) is 3. The lowest BCUT2D eigenvalue weighted by atomic mass is 9.93. The number of carbonyl (C=O) groups is 2. The lowest BCUT2D eigenvalue weighted by molar-refractivity contribution is 0.0862. The van der Waals surface area contributed by atoms with Crippen molar-refractivity contribution in [2.45, 2.75) is 37.8 Å². The lowest BCUT2D eigenvalue weighted by Gasteiger charge is -2.25. The Labute approximate surface area is 233 Å². The van der Waals surface area contributed by atoms with Gasteiger partial charge in [0.15, 0.2) is 5.69 Å². The van der Waals surface area contributed by atoms with Crippen LogP contribution in [0.3, 0.4) is 0 Å². The maximum atomic E-state index is 13.4. The van der Waals surface area contributed by atoms with Crippen molar-refractivity contribution in [2.24, 2.45) is 0 Å². The summed E-state index contributed by atoms with van der Waals surface area (Å²) < 4.78 is 14.8. The molecule has 5 rings (SSSR count). The molecule has 39 heavy (non-hydrogen) atoms. The molecule has 1 saturated carbocycles. The summed E-state index contributed by atoms with van der Waals surface area (Å²) >= 11 is 12.7. The van der Waals surface area contributed by atoms with Gasteiger partial charge in [-0.3, -0.25) is 14.6 Å². The monoisotopic (exact) mass is 567 g/mol. The van der Waals surface area contributed by atoms with Gasteiger partial charge in [-0.1, -0.05) is 41.4 Å². The first kappa shape index (κ1) is 26.8. The van der Waals surface area contributed by atoms with Crippen molar-refractivity contribution in [1.82, 2.24) is 20.1 Å². The average Bonchev–Trinajstić information content (AvgIpc) is 3.35. The van der Waals surface area contributed by atoms with E-state index in [1.807, 2.05) is 18.2 Å². The van der Waals surface area contributed by atoms with Crippen LogP contribution in [0.1, 0.15) is 46.5 Å². The van der Waals surface area contributed by atoms with Gasteiger partial charge in [0, 0.05) is 17.7 Å². The van der Waals surface area contributed by atoms with Crippen LogP contribution in [0.25, 0.3) is 16.9 Å². The predicted octanol–water partition coefficient (Wildman–Crippen LogP) is 5.67. The minimum Gasteiger partial charge on any atom is -0.393 e. The van der Waals surface area contributed by atoms with Crippen molar-refractivity contribution in [3.05, 3.63) is 94.0 Å². The second kappa shape index (κ2) is 11.5. The molecule has 8 nitrogen and oxygen atoms in total. The van der Waals surface area contributed by atoms with Gasteiger partial charge in [-0.25, -0.2) is 9.07 Å². The Morgan fingerprint density at radius 3 is 2.38 bits per heavy atom. The number of pyridine rings is 1. The summed E-state index contributed by atoms with van der Waals surface area (Å²) in [5, 5.41) is 20.3. The number of aromatic nitrogens is 3. The highest BCUT2D eigenvalue weighted by molar-refractivity contribution is 6.38. The van der Waals surface area contributed by atoms with Gasteiger partial charge in [-0.15, -0.1) is 0 Å². The minimum absolute atomic E-state index is 0.0628. The molecule has 2 heterocycles. The number of carbonyl (C=O) groups excluding carboxylic acids is 2. The molecular weight excluding hydrogens is 544 g/mol. The number of hydrogen-bond donors (Lipinski definition) is 3. The van der Waals surface area contributed by atoms with Crippen LogP contribution in [0.4, 0.5) is 10.2 Å². The van der Waals surface area contributed by atoms with Gasteiger partial charge in [-0.05, 0) is 62.1 Å². The number of anilines is 1. The fraction of sp³-hybridized carbons (Fsp3) is 0.214. The molecule has 0 atom stereocenters. The molecule has 0 spiro atoms. The second-order valence-electron chi connectivity index (χ2n) is 9.27. The van der Waals surface area contributed by atoms with Crippen molar-refractivity contribution in [3.8, 4) is 16.9 Å². The summed E-state index contributed by atoms with van der Waals surface area (Å²) in [5.74, 6) is -1.19. The summed E-state index contributed by atoms with van der Waals surface area (Å²) in [5.41, 5.74) is 1.63. The molecule has 0 radical (unpaired) electrons. The standard InChI is InChI=1S/C28H24Cl2FN5O3/c29-22-13-23(30)21(12-20(22)24-11-6-16(31)15-32-24)27(38)34-26-14-25(35-36(26)18-4-2-1-3-5-18)28(39)33-17-7-9-19(37)10-8-17/h1-6,11-15,17,19,37H,7-10H2,(H,33,39)(H,34,38). The molecule has 0 unspecified atom stereocenters. The van der Waals surface area contributed by atoms with Crippen molar-refractivity contribution >= 4 is 40.8 Å². The Hall–Kier alpha value is -3.79. The molecule has 0 bridgehead atoms. The molecule has 200 valence electrons. The average molecular weight is 568 g/mol. The normalized spacial score (nSPS) is 17.0. The van der Waals surface area contributed by atoms with Crippen LogP contribution in [0.15, 0.2) is 66.9 Å². The SMILES string of the molecule is O=C(NC1CCC(O)CC1)c1cc(NC(=O)c2cc(-c3ccc(F)cn3)c(Cl)cc2Cl)n(-c2ccccc2)n1.